The largest absolute Gasteiger partial charge is 0.474 e. The highest BCUT2D eigenvalue weighted by Gasteiger charge is 2.36. The van der Waals surface area contributed by atoms with Crippen LogP contribution in [0.3, 0.4) is 0 Å². The number of primary amides is 1. The molecule has 11 heteroatoms. The highest BCUT2D eigenvalue weighted by Crippen LogP contribution is 2.35. The standard InChI is InChI=1S/C29H33N7O4/c1-35-16-19(15-32-35)18-5-10-22-24(14-18)36(17-29(39)11-3-12-29)34-25(22)27(38)33-20-6-8-21(9-7-20)40-28-23(26(30)37)4-2-13-31-28/h2,4-5,10,13-16,20-21,39H,3,6-9,11-12,17H2,1H3,(H2,30,37)(H,33,38). The molecule has 3 heterocycles. The third-order valence-corrected chi connectivity index (χ3v) is 8.06. The number of rotatable bonds is 8. The molecule has 0 spiro atoms. The van der Waals surface area contributed by atoms with Gasteiger partial charge in [0.15, 0.2) is 5.69 Å². The van der Waals surface area contributed by atoms with E-state index in [4.69, 9.17) is 15.6 Å². The van der Waals surface area contributed by atoms with Gasteiger partial charge in [0.25, 0.3) is 11.8 Å². The van der Waals surface area contributed by atoms with Crippen molar-refractivity contribution in [2.45, 2.75) is 69.2 Å². The van der Waals surface area contributed by atoms with Gasteiger partial charge in [-0.3, -0.25) is 19.0 Å². The first kappa shape index (κ1) is 26.0. The van der Waals surface area contributed by atoms with Crippen LogP contribution in [-0.2, 0) is 13.6 Å². The number of hydrogen-bond donors (Lipinski definition) is 3. The minimum atomic E-state index is -0.794. The minimum Gasteiger partial charge on any atom is -0.474 e. The third-order valence-electron chi connectivity index (χ3n) is 8.06. The smallest absolute Gasteiger partial charge is 0.272 e. The Balaban J connectivity index is 1.17. The maximum absolute atomic E-state index is 13.5. The Morgan fingerprint density at radius 1 is 1.18 bits per heavy atom. The molecule has 0 unspecified atom stereocenters. The highest BCUT2D eigenvalue weighted by molar-refractivity contribution is 6.05. The van der Waals surface area contributed by atoms with Gasteiger partial charge in [-0.05, 0) is 74.8 Å². The minimum absolute atomic E-state index is 0.0302. The number of pyridine rings is 1. The van der Waals surface area contributed by atoms with Gasteiger partial charge < -0.3 is 20.9 Å². The van der Waals surface area contributed by atoms with E-state index >= 15 is 0 Å². The number of amides is 2. The fourth-order valence-corrected chi connectivity index (χ4v) is 5.64. The monoisotopic (exact) mass is 543 g/mol. The molecule has 2 aliphatic carbocycles. The summed E-state index contributed by atoms with van der Waals surface area (Å²) in [7, 11) is 1.87. The van der Waals surface area contributed by atoms with E-state index in [1.54, 1.807) is 33.9 Å². The lowest BCUT2D eigenvalue weighted by atomic mass is 9.80. The van der Waals surface area contributed by atoms with Gasteiger partial charge in [0.2, 0.25) is 5.88 Å². The summed E-state index contributed by atoms with van der Waals surface area (Å²) in [6.07, 6.45) is 10.5. The summed E-state index contributed by atoms with van der Waals surface area (Å²) in [6, 6.07) is 9.13. The molecule has 4 N–H and O–H groups in total. The van der Waals surface area contributed by atoms with Crippen molar-refractivity contribution in [1.29, 1.82) is 0 Å². The molecule has 2 aliphatic rings. The van der Waals surface area contributed by atoms with Crippen molar-refractivity contribution < 1.29 is 19.4 Å². The van der Waals surface area contributed by atoms with Crippen LogP contribution >= 0.6 is 0 Å². The molecule has 0 bridgehead atoms. The maximum atomic E-state index is 13.5. The van der Waals surface area contributed by atoms with E-state index in [1.807, 2.05) is 31.4 Å². The van der Waals surface area contributed by atoms with E-state index < -0.39 is 11.5 Å². The summed E-state index contributed by atoms with van der Waals surface area (Å²) < 4.78 is 9.51. The number of carbonyl (C=O) groups is 2. The van der Waals surface area contributed by atoms with E-state index in [-0.39, 0.29) is 29.5 Å². The highest BCUT2D eigenvalue weighted by atomic mass is 16.5. The summed E-state index contributed by atoms with van der Waals surface area (Å²) in [6.45, 7) is 0.344. The summed E-state index contributed by atoms with van der Waals surface area (Å²) in [4.78, 5) is 29.3. The van der Waals surface area contributed by atoms with E-state index in [0.29, 0.717) is 25.1 Å². The molecule has 0 radical (unpaired) electrons. The molecule has 40 heavy (non-hydrogen) atoms. The predicted molar refractivity (Wildman–Crippen MR) is 148 cm³/mol. The SMILES string of the molecule is Cn1cc(-c2ccc3c(C(=O)NC4CCC(Oc5ncccc5C(N)=O)CC4)nn(CC4(O)CCC4)c3c2)cn1. The number of ether oxygens (including phenoxy) is 1. The third kappa shape index (κ3) is 5.16. The molecule has 1 aromatic carbocycles. The Morgan fingerprint density at radius 3 is 2.65 bits per heavy atom. The van der Waals surface area contributed by atoms with Gasteiger partial charge in [-0.15, -0.1) is 0 Å². The first-order chi connectivity index (χ1) is 19.3. The van der Waals surface area contributed by atoms with Crippen molar-refractivity contribution in [2.24, 2.45) is 12.8 Å². The van der Waals surface area contributed by atoms with Crippen molar-refractivity contribution in [3.05, 3.63) is 60.2 Å². The number of fused-ring (bicyclic) bond motifs is 1. The molecule has 0 saturated heterocycles. The summed E-state index contributed by atoms with van der Waals surface area (Å²) >= 11 is 0. The van der Waals surface area contributed by atoms with E-state index in [1.165, 1.54) is 0 Å². The van der Waals surface area contributed by atoms with Crippen LogP contribution < -0.4 is 15.8 Å². The van der Waals surface area contributed by atoms with Gasteiger partial charge >= 0.3 is 0 Å². The van der Waals surface area contributed by atoms with Crippen LogP contribution in [0.15, 0.2) is 48.9 Å². The van der Waals surface area contributed by atoms with Crippen LogP contribution in [0.5, 0.6) is 5.88 Å². The van der Waals surface area contributed by atoms with Crippen molar-refractivity contribution in [3.8, 4) is 17.0 Å². The average molecular weight is 544 g/mol. The Bertz CT molecular complexity index is 1560. The van der Waals surface area contributed by atoms with E-state index in [2.05, 4.69) is 15.4 Å². The maximum Gasteiger partial charge on any atom is 0.272 e. The molecule has 11 nitrogen and oxygen atoms in total. The summed E-state index contributed by atoms with van der Waals surface area (Å²) in [5.41, 5.74) is 8.02. The van der Waals surface area contributed by atoms with E-state index in [9.17, 15) is 14.7 Å². The molecule has 208 valence electrons. The van der Waals surface area contributed by atoms with Gasteiger partial charge in [-0.25, -0.2) is 4.98 Å². The van der Waals surface area contributed by atoms with Crippen LogP contribution in [0.25, 0.3) is 22.0 Å². The number of benzene rings is 1. The first-order valence-corrected chi connectivity index (χ1v) is 13.7. The molecular weight excluding hydrogens is 510 g/mol. The Morgan fingerprint density at radius 2 is 1.98 bits per heavy atom. The normalized spacial score (nSPS) is 20.1. The number of aliphatic hydroxyl groups is 1. The number of nitrogens with one attached hydrogen (secondary N) is 1. The van der Waals surface area contributed by atoms with Gasteiger partial charge in [-0.1, -0.05) is 6.07 Å². The second-order valence-electron chi connectivity index (χ2n) is 11.0. The second-order valence-corrected chi connectivity index (χ2v) is 11.0. The number of nitrogens with two attached hydrogens (primary N) is 1. The molecule has 2 fully saturated rings. The van der Waals surface area contributed by atoms with Crippen LogP contribution in [0.1, 0.15) is 65.8 Å². The van der Waals surface area contributed by atoms with Crippen molar-refractivity contribution >= 4 is 22.7 Å². The molecule has 4 aromatic rings. The van der Waals surface area contributed by atoms with Crippen molar-refractivity contribution in [1.82, 2.24) is 29.9 Å². The Labute approximate surface area is 231 Å². The fraction of sp³-hybridized carbons (Fsp3) is 0.414. The molecule has 6 rings (SSSR count). The molecule has 0 aliphatic heterocycles. The van der Waals surface area contributed by atoms with Gasteiger partial charge in [0.1, 0.15) is 11.7 Å². The molecular formula is C29H33N7O4. The van der Waals surface area contributed by atoms with Crippen LogP contribution in [0.2, 0.25) is 0 Å². The lowest BCUT2D eigenvalue weighted by Gasteiger charge is -2.36. The second kappa shape index (κ2) is 10.4. The Kier molecular flexibility index (Phi) is 6.75. The van der Waals surface area contributed by atoms with Crippen molar-refractivity contribution in [2.75, 3.05) is 0 Å². The van der Waals surface area contributed by atoms with Gasteiger partial charge in [0, 0.05) is 36.4 Å². The van der Waals surface area contributed by atoms with Gasteiger partial charge in [0.05, 0.1) is 23.9 Å². The quantitative estimate of drug-likeness (QED) is 0.309. The zero-order chi connectivity index (χ0) is 27.9. The number of hydrogen-bond acceptors (Lipinski definition) is 7. The zero-order valence-electron chi connectivity index (χ0n) is 22.4. The number of aromatic nitrogens is 5. The summed E-state index contributed by atoms with van der Waals surface area (Å²) in [5.74, 6) is -0.561. The lowest BCUT2D eigenvalue weighted by Crippen LogP contribution is -2.41. The van der Waals surface area contributed by atoms with E-state index in [0.717, 1.165) is 54.1 Å². The number of aryl methyl sites for hydroxylation is 1. The Hall–Kier alpha value is -4.25. The average Bonchev–Trinajstić information content (AvgIpc) is 3.52. The van der Waals surface area contributed by atoms with Crippen LogP contribution in [0.4, 0.5) is 0 Å². The number of nitrogens with zero attached hydrogens (tertiary/aromatic N) is 5. The fourth-order valence-electron chi connectivity index (χ4n) is 5.64. The molecule has 0 atom stereocenters. The summed E-state index contributed by atoms with van der Waals surface area (Å²) in [5, 5.41) is 23.8. The molecule has 2 saturated carbocycles. The lowest BCUT2D eigenvalue weighted by molar-refractivity contribution is -0.0489. The first-order valence-electron chi connectivity index (χ1n) is 13.7. The van der Waals surface area contributed by atoms with Crippen molar-refractivity contribution in [3.63, 3.8) is 0 Å². The molecule has 2 amide bonds. The topological polar surface area (TPSA) is 150 Å². The molecule has 3 aromatic heterocycles. The predicted octanol–water partition coefficient (Wildman–Crippen LogP) is 2.97. The van der Waals surface area contributed by atoms with Gasteiger partial charge in [-0.2, -0.15) is 10.2 Å². The van der Waals surface area contributed by atoms with Crippen LogP contribution in [0, 0.1) is 0 Å². The zero-order valence-corrected chi connectivity index (χ0v) is 22.4. The van der Waals surface area contributed by atoms with Crippen LogP contribution in [-0.4, -0.2) is 59.2 Å². The number of carbonyl (C=O) groups excluding carboxylic acids is 2.